The lowest BCUT2D eigenvalue weighted by Crippen LogP contribution is -2.55. The van der Waals surface area contributed by atoms with E-state index in [1.165, 1.54) is 32.1 Å². The van der Waals surface area contributed by atoms with Gasteiger partial charge in [-0.15, -0.1) is 0 Å². The molecule has 0 aromatic heterocycles. The molecule has 1 atom stereocenters. The lowest BCUT2D eigenvalue weighted by molar-refractivity contribution is 0.122. The highest BCUT2D eigenvalue weighted by molar-refractivity contribution is 5.67. The quantitative estimate of drug-likeness (QED) is 0.829. The van der Waals surface area contributed by atoms with Crippen LogP contribution in [0.4, 0.5) is 4.79 Å². The first-order valence-electron chi connectivity index (χ1n) is 9.44. The van der Waals surface area contributed by atoms with Crippen molar-refractivity contribution in [2.24, 2.45) is 5.92 Å². The van der Waals surface area contributed by atoms with Gasteiger partial charge in [0.15, 0.2) is 0 Å². The van der Waals surface area contributed by atoms with Crippen LogP contribution in [-0.2, 0) is 11.3 Å². The van der Waals surface area contributed by atoms with Gasteiger partial charge in [0.2, 0.25) is 0 Å². The molecule has 132 valence electrons. The summed E-state index contributed by atoms with van der Waals surface area (Å²) in [7, 11) is 0. The fourth-order valence-electron chi connectivity index (χ4n) is 3.95. The van der Waals surface area contributed by atoms with E-state index in [2.05, 4.69) is 17.6 Å². The van der Waals surface area contributed by atoms with Gasteiger partial charge in [0.1, 0.15) is 6.61 Å². The van der Waals surface area contributed by atoms with E-state index in [0.717, 1.165) is 24.3 Å². The van der Waals surface area contributed by atoms with E-state index in [0.29, 0.717) is 18.7 Å². The van der Waals surface area contributed by atoms with Crippen LogP contribution in [0.5, 0.6) is 0 Å². The molecule has 2 aliphatic carbocycles. The molecule has 4 nitrogen and oxygen atoms in total. The Labute approximate surface area is 145 Å². The summed E-state index contributed by atoms with van der Waals surface area (Å²) in [6.07, 6.45) is 8.64. The summed E-state index contributed by atoms with van der Waals surface area (Å²) in [6.45, 7) is 2.66. The summed E-state index contributed by atoms with van der Waals surface area (Å²) in [4.78, 5) is 11.8. The first-order chi connectivity index (χ1) is 11.7. The molecule has 1 amide bonds. The van der Waals surface area contributed by atoms with Crippen LogP contribution >= 0.6 is 0 Å². The van der Waals surface area contributed by atoms with Crippen molar-refractivity contribution in [3.05, 3.63) is 35.9 Å². The van der Waals surface area contributed by atoms with Gasteiger partial charge in [0, 0.05) is 18.1 Å². The van der Waals surface area contributed by atoms with E-state index in [4.69, 9.17) is 4.74 Å². The lowest BCUT2D eigenvalue weighted by atomic mass is 9.81. The average Bonchev–Trinajstić information content (AvgIpc) is 2.59. The minimum atomic E-state index is -0.303. The first kappa shape index (κ1) is 17.3. The van der Waals surface area contributed by atoms with E-state index < -0.39 is 0 Å². The van der Waals surface area contributed by atoms with E-state index in [9.17, 15) is 4.79 Å². The second-order valence-corrected chi connectivity index (χ2v) is 7.42. The van der Waals surface area contributed by atoms with Crippen LogP contribution in [0, 0.1) is 5.92 Å². The molecule has 2 N–H and O–H groups in total. The predicted octanol–water partition coefficient (Wildman–Crippen LogP) is 4.00. The Morgan fingerprint density at radius 3 is 2.54 bits per heavy atom. The van der Waals surface area contributed by atoms with Crippen molar-refractivity contribution in [3.63, 3.8) is 0 Å². The zero-order valence-electron chi connectivity index (χ0n) is 14.7. The molecule has 1 unspecified atom stereocenters. The summed E-state index contributed by atoms with van der Waals surface area (Å²) in [5.41, 5.74) is 1.02. The Morgan fingerprint density at radius 2 is 1.83 bits per heavy atom. The summed E-state index contributed by atoms with van der Waals surface area (Å²) < 4.78 is 5.28. The minimum Gasteiger partial charge on any atom is -0.445 e. The van der Waals surface area contributed by atoms with Gasteiger partial charge in [-0.05, 0) is 44.1 Å². The maximum absolute atomic E-state index is 11.8. The zero-order chi connectivity index (χ0) is 16.8. The smallest absolute Gasteiger partial charge is 0.407 e. The largest absolute Gasteiger partial charge is 0.445 e. The number of amides is 1. The van der Waals surface area contributed by atoms with Crippen LogP contribution in [0.3, 0.4) is 0 Å². The van der Waals surface area contributed by atoms with Crippen molar-refractivity contribution in [2.75, 3.05) is 0 Å². The maximum atomic E-state index is 11.8. The number of alkyl carbamates (subject to hydrolysis) is 1. The zero-order valence-corrected chi connectivity index (χ0v) is 14.7. The fraction of sp³-hybridized carbons (Fsp3) is 0.650. The van der Waals surface area contributed by atoms with E-state index in [-0.39, 0.29) is 12.1 Å². The number of hydrogen-bond acceptors (Lipinski definition) is 3. The molecule has 0 spiro atoms. The number of rotatable bonds is 6. The van der Waals surface area contributed by atoms with Crippen molar-refractivity contribution >= 4 is 6.09 Å². The summed E-state index contributed by atoms with van der Waals surface area (Å²) in [6, 6.07) is 11.2. The summed E-state index contributed by atoms with van der Waals surface area (Å²) in [5, 5.41) is 6.72. The molecule has 2 saturated carbocycles. The molecule has 1 aromatic rings. The van der Waals surface area contributed by atoms with E-state index in [1.807, 2.05) is 30.3 Å². The van der Waals surface area contributed by atoms with Gasteiger partial charge in [0.25, 0.3) is 0 Å². The Morgan fingerprint density at radius 1 is 1.12 bits per heavy atom. The molecule has 24 heavy (non-hydrogen) atoms. The third-order valence-corrected chi connectivity index (χ3v) is 5.53. The Balaban J connectivity index is 1.29. The van der Waals surface area contributed by atoms with Crippen LogP contribution in [0.25, 0.3) is 0 Å². The minimum absolute atomic E-state index is 0.254. The second-order valence-electron chi connectivity index (χ2n) is 7.42. The fourth-order valence-corrected chi connectivity index (χ4v) is 3.95. The SMILES string of the molecule is CC(NC1CC(NC(=O)OCc2ccccc2)C1)C1CCCCC1. The Kier molecular flexibility index (Phi) is 6.13. The molecule has 0 saturated heterocycles. The molecule has 4 heteroatoms. The van der Waals surface area contributed by atoms with Crippen molar-refractivity contribution in [1.82, 2.24) is 10.6 Å². The van der Waals surface area contributed by atoms with Gasteiger partial charge in [-0.3, -0.25) is 0 Å². The van der Waals surface area contributed by atoms with Gasteiger partial charge in [-0.2, -0.15) is 0 Å². The van der Waals surface area contributed by atoms with Crippen LogP contribution in [-0.4, -0.2) is 24.2 Å². The molecule has 0 bridgehead atoms. The van der Waals surface area contributed by atoms with E-state index in [1.54, 1.807) is 0 Å². The molecule has 0 aliphatic heterocycles. The number of ether oxygens (including phenoxy) is 1. The molecule has 0 radical (unpaired) electrons. The average molecular weight is 330 g/mol. The number of nitrogens with one attached hydrogen (secondary N) is 2. The Bertz CT molecular complexity index is 508. The van der Waals surface area contributed by atoms with E-state index >= 15 is 0 Å². The molecule has 3 rings (SSSR count). The van der Waals surface area contributed by atoms with Gasteiger partial charge < -0.3 is 15.4 Å². The summed E-state index contributed by atoms with van der Waals surface area (Å²) in [5.74, 6) is 0.835. The highest BCUT2D eigenvalue weighted by atomic mass is 16.5. The maximum Gasteiger partial charge on any atom is 0.407 e. The highest BCUT2D eigenvalue weighted by Gasteiger charge is 2.32. The molecule has 0 heterocycles. The monoisotopic (exact) mass is 330 g/mol. The van der Waals surface area contributed by atoms with Gasteiger partial charge >= 0.3 is 6.09 Å². The molecule has 2 aliphatic rings. The molecule has 1 aromatic carbocycles. The standard InChI is InChI=1S/C20H30N2O2/c1-15(17-10-6-3-7-11-17)21-18-12-19(13-18)22-20(23)24-14-16-8-4-2-5-9-16/h2,4-5,8-9,15,17-19,21H,3,6-7,10-14H2,1H3,(H,22,23). The van der Waals surface area contributed by atoms with Gasteiger partial charge in [0.05, 0.1) is 0 Å². The molecule has 2 fully saturated rings. The molecular formula is C20H30N2O2. The highest BCUT2D eigenvalue weighted by Crippen LogP contribution is 2.28. The van der Waals surface area contributed by atoms with Gasteiger partial charge in [-0.25, -0.2) is 4.79 Å². The van der Waals surface area contributed by atoms with Crippen LogP contribution in [0.1, 0.15) is 57.4 Å². The number of benzene rings is 1. The van der Waals surface area contributed by atoms with Crippen LogP contribution < -0.4 is 10.6 Å². The van der Waals surface area contributed by atoms with Crippen molar-refractivity contribution in [1.29, 1.82) is 0 Å². The molecular weight excluding hydrogens is 300 g/mol. The number of carbonyl (C=O) groups excluding carboxylic acids is 1. The predicted molar refractivity (Wildman–Crippen MR) is 95.7 cm³/mol. The third-order valence-electron chi connectivity index (χ3n) is 5.53. The number of carbonyl (C=O) groups is 1. The van der Waals surface area contributed by atoms with Crippen molar-refractivity contribution < 1.29 is 9.53 Å². The summed E-state index contributed by atoms with van der Waals surface area (Å²) >= 11 is 0. The normalized spacial score (nSPS) is 25.5. The topological polar surface area (TPSA) is 50.4 Å². The first-order valence-corrected chi connectivity index (χ1v) is 9.44. The van der Waals surface area contributed by atoms with Gasteiger partial charge in [-0.1, -0.05) is 49.6 Å². The third kappa shape index (κ3) is 4.97. The van der Waals surface area contributed by atoms with Crippen LogP contribution in [0.15, 0.2) is 30.3 Å². The van der Waals surface area contributed by atoms with Crippen molar-refractivity contribution in [2.45, 2.75) is 76.6 Å². The Hall–Kier alpha value is -1.55. The van der Waals surface area contributed by atoms with Crippen molar-refractivity contribution in [3.8, 4) is 0 Å². The number of hydrogen-bond donors (Lipinski definition) is 2. The second kappa shape index (κ2) is 8.52. The lowest BCUT2D eigenvalue weighted by Gasteiger charge is -2.40. The van der Waals surface area contributed by atoms with Crippen LogP contribution in [0.2, 0.25) is 0 Å².